The van der Waals surface area contributed by atoms with Gasteiger partial charge in [-0.1, -0.05) is 6.07 Å². The van der Waals surface area contributed by atoms with Crippen molar-refractivity contribution < 1.29 is 17.6 Å². The Bertz CT molecular complexity index is 573. The number of rotatable bonds is 3. The van der Waals surface area contributed by atoms with Gasteiger partial charge in [0.15, 0.2) is 22.7 Å². The zero-order chi connectivity index (χ0) is 13.3. The van der Waals surface area contributed by atoms with E-state index >= 15 is 0 Å². The van der Waals surface area contributed by atoms with Crippen LogP contribution in [0.25, 0.3) is 0 Å². The number of halogens is 4. The van der Waals surface area contributed by atoms with E-state index in [9.17, 15) is 13.2 Å². The summed E-state index contributed by atoms with van der Waals surface area (Å²) in [4.78, 5) is 0. The molecule has 0 aliphatic heterocycles. The van der Waals surface area contributed by atoms with E-state index in [0.29, 0.717) is 5.56 Å². The molecule has 3 nitrogen and oxygen atoms in total. The fraction of sp³-hybridized carbons (Fsp3) is 0.0909. The van der Waals surface area contributed by atoms with Gasteiger partial charge in [0.25, 0.3) is 0 Å². The largest absolute Gasteiger partial charge is 0.453 e. The molecule has 0 fully saturated rings. The fourth-order valence-corrected chi connectivity index (χ4v) is 1.84. The Morgan fingerprint density at radius 3 is 2.39 bits per heavy atom. The third-order valence-electron chi connectivity index (χ3n) is 2.50. The third-order valence-corrected chi connectivity index (χ3v) is 2.81. The van der Waals surface area contributed by atoms with Crippen molar-refractivity contribution in [3.8, 4) is 0 Å². The minimum absolute atomic E-state index is 0.0120. The van der Waals surface area contributed by atoms with Gasteiger partial charge in [0, 0.05) is 11.1 Å². The topological polar surface area (TPSA) is 51.2 Å². The summed E-state index contributed by atoms with van der Waals surface area (Å²) in [5.41, 5.74) is 2.43. The van der Waals surface area contributed by atoms with Crippen LogP contribution >= 0.6 is 11.6 Å². The molecule has 0 spiro atoms. The molecule has 0 aliphatic carbocycles. The summed E-state index contributed by atoms with van der Waals surface area (Å²) in [6, 6.07) is 2.41. The van der Waals surface area contributed by atoms with E-state index in [1.807, 2.05) is 0 Å². The van der Waals surface area contributed by atoms with Gasteiger partial charge in [-0.25, -0.2) is 18.6 Å². The van der Waals surface area contributed by atoms with Crippen LogP contribution in [0.1, 0.15) is 17.2 Å². The van der Waals surface area contributed by atoms with Gasteiger partial charge in [0.05, 0.1) is 12.3 Å². The van der Waals surface area contributed by atoms with Crippen molar-refractivity contribution in [3.63, 3.8) is 0 Å². The van der Waals surface area contributed by atoms with Gasteiger partial charge >= 0.3 is 0 Å². The van der Waals surface area contributed by atoms with Crippen molar-refractivity contribution in [1.29, 1.82) is 0 Å². The minimum atomic E-state index is -1.56. The van der Waals surface area contributed by atoms with Crippen LogP contribution < -0.4 is 11.3 Å². The zero-order valence-corrected chi connectivity index (χ0v) is 9.64. The van der Waals surface area contributed by atoms with Gasteiger partial charge in [-0.15, -0.1) is 0 Å². The van der Waals surface area contributed by atoms with Crippen LogP contribution in [0, 0.1) is 17.5 Å². The summed E-state index contributed by atoms with van der Waals surface area (Å²) >= 11 is 5.73. The maximum Gasteiger partial charge on any atom is 0.198 e. The Morgan fingerprint density at radius 2 is 1.83 bits per heavy atom. The van der Waals surface area contributed by atoms with Crippen molar-refractivity contribution in [2.45, 2.75) is 6.04 Å². The van der Waals surface area contributed by atoms with E-state index in [-0.39, 0.29) is 10.8 Å². The highest BCUT2D eigenvalue weighted by Crippen LogP contribution is 2.31. The third kappa shape index (κ3) is 2.10. The number of hydrogen-bond acceptors (Lipinski definition) is 3. The first-order chi connectivity index (χ1) is 8.56. The first-order valence-corrected chi connectivity index (χ1v) is 5.26. The van der Waals surface area contributed by atoms with Gasteiger partial charge in [0.1, 0.15) is 0 Å². The monoisotopic (exact) mass is 276 g/mol. The van der Waals surface area contributed by atoms with Crippen LogP contribution in [0.15, 0.2) is 28.9 Å². The molecule has 0 amide bonds. The number of nitrogens with two attached hydrogens (primary N) is 1. The Morgan fingerprint density at radius 1 is 1.11 bits per heavy atom. The van der Waals surface area contributed by atoms with Gasteiger partial charge in [-0.05, 0) is 23.7 Å². The molecule has 0 aliphatic rings. The maximum atomic E-state index is 13.6. The fourth-order valence-electron chi connectivity index (χ4n) is 1.62. The van der Waals surface area contributed by atoms with Gasteiger partial charge in [-0.2, -0.15) is 0 Å². The second-order valence-corrected chi connectivity index (χ2v) is 3.86. The highest BCUT2D eigenvalue weighted by molar-refractivity contribution is 6.29. The predicted molar refractivity (Wildman–Crippen MR) is 59.2 cm³/mol. The molecule has 18 heavy (non-hydrogen) atoms. The molecule has 0 saturated carbocycles. The smallest absolute Gasteiger partial charge is 0.198 e. The first-order valence-electron chi connectivity index (χ1n) is 4.88. The maximum absolute atomic E-state index is 13.6. The molecular formula is C11H8ClF3N2O. The lowest BCUT2D eigenvalue weighted by molar-refractivity contribution is 0.433. The standard InChI is InChI=1S/C11H8ClF3N2O/c12-11-6(3-4-18-11)10(17-16)5-1-2-7(13)9(15)8(5)14/h1-4,10,17H,16H2. The summed E-state index contributed by atoms with van der Waals surface area (Å²) in [5, 5.41) is -0.0120. The minimum Gasteiger partial charge on any atom is -0.453 e. The van der Waals surface area contributed by atoms with Gasteiger partial charge in [-0.3, -0.25) is 5.84 Å². The van der Waals surface area contributed by atoms with E-state index in [1.54, 1.807) is 0 Å². The van der Waals surface area contributed by atoms with E-state index in [1.165, 1.54) is 12.3 Å². The zero-order valence-electron chi connectivity index (χ0n) is 8.88. The van der Waals surface area contributed by atoms with Crippen molar-refractivity contribution in [3.05, 3.63) is 58.3 Å². The summed E-state index contributed by atoms with van der Waals surface area (Å²) in [6.07, 6.45) is 1.28. The molecule has 3 N–H and O–H groups in total. The van der Waals surface area contributed by atoms with Crippen molar-refractivity contribution in [1.82, 2.24) is 5.43 Å². The normalized spacial score (nSPS) is 12.7. The molecule has 0 bridgehead atoms. The highest BCUT2D eigenvalue weighted by Gasteiger charge is 2.24. The molecule has 0 saturated heterocycles. The second kappa shape index (κ2) is 5.01. The Hall–Kier alpha value is -1.50. The average molecular weight is 277 g/mol. The van der Waals surface area contributed by atoms with E-state index in [2.05, 4.69) is 5.43 Å². The Balaban J connectivity index is 2.53. The number of benzene rings is 1. The van der Waals surface area contributed by atoms with Crippen molar-refractivity contribution in [2.75, 3.05) is 0 Å². The highest BCUT2D eigenvalue weighted by atomic mass is 35.5. The van der Waals surface area contributed by atoms with Crippen LogP contribution in [0.5, 0.6) is 0 Å². The Labute approximate surface area is 105 Å². The van der Waals surface area contributed by atoms with Crippen LogP contribution in [-0.4, -0.2) is 0 Å². The molecule has 2 rings (SSSR count). The van der Waals surface area contributed by atoms with Crippen LogP contribution in [-0.2, 0) is 0 Å². The molecule has 0 radical (unpaired) electrons. The van der Waals surface area contributed by atoms with Gasteiger partial charge in [0.2, 0.25) is 0 Å². The van der Waals surface area contributed by atoms with Crippen molar-refractivity contribution in [2.24, 2.45) is 5.84 Å². The summed E-state index contributed by atoms with van der Waals surface area (Å²) in [7, 11) is 0. The summed E-state index contributed by atoms with van der Waals surface area (Å²) in [5.74, 6) is 1.13. The number of hydrazine groups is 1. The number of furan rings is 1. The molecule has 1 atom stereocenters. The van der Waals surface area contributed by atoms with Crippen molar-refractivity contribution >= 4 is 11.6 Å². The van der Waals surface area contributed by atoms with Gasteiger partial charge < -0.3 is 4.42 Å². The lowest BCUT2D eigenvalue weighted by atomic mass is 10.0. The molecular weight excluding hydrogens is 269 g/mol. The molecule has 1 aromatic carbocycles. The quantitative estimate of drug-likeness (QED) is 0.515. The average Bonchev–Trinajstić information content (AvgIpc) is 2.77. The lowest BCUT2D eigenvalue weighted by Crippen LogP contribution is -2.29. The SMILES string of the molecule is NNC(c1ccoc1Cl)c1ccc(F)c(F)c1F. The summed E-state index contributed by atoms with van der Waals surface area (Å²) < 4.78 is 44.5. The molecule has 1 aromatic heterocycles. The molecule has 1 heterocycles. The van der Waals surface area contributed by atoms with Crippen LogP contribution in [0.2, 0.25) is 5.22 Å². The number of nitrogens with one attached hydrogen (secondary N) is 1. The van der Waals surface area contributed by atoms with E-state index < -0.39 is 23.5 Å². The van der Waals surface area contributed by atoms with E-state index in [0.717, 1.165) is 12.1 Å². The van der Waals surface area contributed by atoms with E-state index in [4.69, 9.17) is 21.9 Å². The number of hydrogen-bond donors (Lipinski definition) is 2. The molecule has 1 unspecified atom stereocenters. The second-order valence-electron chi connectivity index (χ2n) is 3.51. The van der Waals surface area contributed by atoms with Crippen LogP contribution in [0.3, 0.4) is 0 Å². The Kier molecular flexibility index (Phi) is 3.60. The molecule has 96 valence electrons. The molecule has 7 heteroatoms. The lowest BCUT2D eigenvalue weighted by Gasteiger charge is -2.16. The summed E-state index contributed by atoms with van der Waals surface area (Å²) in [6.45, 7) is 0. The van der Waals surface area contributed by atoms with Crippen LogP contribution in [0.4, 0.5) is 13.2 Å². The first kappa shape index (κ1) is 12.9. The predicted octanol–water partition coefficient (Wildman–Crippen LogP) is 2.90. The molecule has 2 aromatic rings.